The maximum absolute atomic E-state index is 13.1. The number of amides is 2. The summed E-state index contributed by atoms with van der Waals surface area (Å²) in [7, 11) is 0. The Morgan fingerprint density at radius 1 is 1.35 bits per heavy atom. The molecular formula is C13H18F3N5O2. The second-order valence-electron chi connectivity index (χ2n) is 5.49. The first-order valence-electron chi connectivity index (χ1n) is 7.24. The van der Waals surface area contributed by atoms with E-state index in [-0.39, 0.29) is 38.3 Å². The number of carbonyl (C=O) groups excluding carboxylic acids is 2. The minimum Gasteiger partial charge on any atom is -0.352 e. The quantitative estimate of drug-likeness (QED) is 0.881. The lowest BCUT2D eigenvalue weighted by molar-refractivity contribution is -0.197. The Morgan fingerprint density at radius 3 is 2.65 bits per heavy atom. The lowest BCUT2D eigenvalue weighted by atomic mass is 9.97. The summed E-state index contributed by atoms with van der Waals surface area (Å²) in [6, 6.07) is -2.27. The average Bonchev–Trinajstić information content (AvgIpc) is 2.96. The van der Waals surface area contributed by atoms with Crippen molar-refractivity contribution >= 4 is 11.8 Å². The molecule has 0 radical (unpaired) electrons. The van der Waals surface area contributed by atoms with Crippen molar-refractivity contribution in [1.82, 2.24) is 25.2 Å². The lowest BCUT2D eigenvalue weighted by Crippen LogP contribution is -2.58. The van der Waals surface area contributed by atoms with Gasteiger partial charge in [0.05, 0.1) is 12.7 Å². The summed E-state index contributed by atoms with van der Waals surface area (Å²) in [4.78, 5) is 24.1. The van der Waals surface area contributed by atoms with Gasteiger partial charge in [0.2, 0.25) is 11.8 Å². The molecule has 1 aromatic rings. The number of rotatable bonds is 4. The van der Waals surface area contributed by atoms with Gasteiger partial charge < -0.3 is 10.2 Å². The Kier molecular flexibility index (Phi) is 5.22. The first-order valence-corrected chi connectivity index (χ1v) is 7.24. The number of nitrogens with one attached hydrogen (secondary N) is 1. The predicted octanol–water partition coefficient (Wildman–Crippen LogP) is 0.726. The molecule has 0 aliphatic carbocycles. The van der Waals surface area contributed by atoms with Crippen LogP contribution in [-0.2, 0) is 16.1 Å². The monoisotopic (exact) mass is 333 g/mol. The Labute approximate surface area is 130 Å². The van der Waals surface area contributed by atoms with E-state index >= 15 is 0 Å². The van der Waals surface area contributed by atoms with E-state index in [9.17, 15) is 22.8 Å². The zero-order valence-electron chi connectivity index (χ0n) is 12.6. The number of nitrogens with zero attached hydrogens (tertiary/aromatic N) is 4. The molecule has 2 atom stereocenters. The van der Waals surface area contributed by atoms with Crippen molar-refractivity contribution < 1.29 is 22.8 Å². The number of halogens is 3. The predicted molar refractivity (Wildman–Crippen MR) is 73.0 cm³/mol. The number of aromatic nitrogens is 3. The molecule has 1 fully saturated rings. The van der Waals surface area contributed by atoms with Crippen molar-refractivity contribution in [2.75, 3.05) is 6.54 Å². The molecular weight excluding hydrogens is 315 g/mol. The fourth-order valence-electron chi connectivity index (χ4n) is 2.70. The van der Waals surface area contributed by atoms with Crippen LogP contribution < -0.4 is 5.32 Å². The van der Waals surface area contributed by atoms with Crippen molar-refractivity contribution in [3.63, 3.8) is 0 Å². The van der Waals surface area contributed by atoms with Gasteiger partial charge in [-0.1, -0.05) is 5.21 Å². The molecule has 0 saturated carbocycles. The molecule has 2 heterocycles. The number of likely N-dealkylation sites (tertiary alicyclic amines) is 1. The Bertz CT molecular complexity index is 546. The molecule has 1 aromatic heterocycles. The molecule has 0 spiro atoms. The number of hydrogen-bond donors (Lipinski definition) is 1. The van der Waals surface area contributed by atoms with Gasteiger partial charge in [0.1, 0.15) is 6.04 Å². The van der Waals surface area contributed by atoms with Crippen LogP contribution in [0.15, 0.2) is 12.4 Å². The summed E-state index contributed by atoms with van der Waals surface area (Å²) in [5.74, 6) is -0.937. The molecule has 0 unspecified atom stereocenters. The van der Waals surface area contributed by atoms with Gasteiger partial charge in [0.15, 0.2) is 0 Å². The van der Waals surface area contributed by atoms with E-state index in [1.54, 1.807) is 0 Å². The van der Waals surface area contributed by atoms with Crippen LogP contribution in [0.2, 0.25) is 0 Å². The van der Waals surface area contributed by atoms with E-state index in [1.165, 1.54) is 24.0 Å². The highest BCUT2D eigenvalue weighted by molar-refractivity contribution is 5.77. The number of hydrogen-bond acceptors (Lipinski definition) is 4. The Hall–Kier alpha value is -2.13. The Balaban J connectivity index is 2.04. The summed E-state index contributed by atoms with van der Waals surface area (Å²) < 4.78 is 40.8. The van der Waals surface area contributed by atoms with Crippen LogP contribution in [0, 0.1) is 0 Å². The molecule has 1 aliphatic rings. The minimum absolute atomic E-state index is 0.108. The smallest absolute Gasteiger partial charge is 0.352 e. The van der Waals surface area contributed by atoms with Crippen molar-refractivity contribution in [2.45, 2.75) is 51.0 Å². The molecule has 10 heteroatoms. The molecule has 1 saturated heterocycles. The van der Waals surface area contributed by atoms with Gasteiger partial charge in [-0.3, -0.25) is 14.3 Å². The third kappa shape index (κ3) is 4.67. The summed E-state index contributed by atoms with van der Waals surface area (Å²) in [5, 5.41) is 9.82. The second kappa shape index (κ2) is 6.97. The number of carbonyl (C=O) groups is 2. The van der Waals surface area contributed by atoms with Crippen LogP contribution in [0.4, 0.5) is 13.2 Å². The van der Waals surface area contributed by atoms with Crippen LogP contribution in [0.3, 0.4) is 0 Å². The largest absolute Gasteiger partial charge is 0.408 e. The van der Waals surface area contributed by atoms with Crippen LogP contribution in [-0.4, -0.2) is 56.5 Å². The van der Waals surface area contributed by atoms with Crippen LogP contribution in [0.5, 0.6) is 0 Å². The standard InChI is InChI=1S/C13H18F3N5O2/c1-9(22)18-10-2-3-11(13(14,15)16)21(8-10)12(23)4-6-20-7-5-17-19-20/h5,7,10-11H,2-4,6,8H2,1H3,(H,18,22)/t10-,11-/m0/s1. The van der Waals surface area contributed by atoms with Crippen LogP contribution in [0.1, 0.15) is 26.2 Å². The third-order valence-corrected chi connectivity index (χ3v) is 3.71. The highest BCUT2D eigenvalue weighted by Crippen LogP contribution is 2.32. The molecule has 1 aliphatic heterocycles. The maximum Gasteiger partial charge on any atom is 0.408 e. The number of piperidine rings is 1. The highest BCUT2D eigenvalue weighted by atomic mass is 19.4. The molecule has 0 bridgehead atoms. The summed E-state index contributed by atoms with van der Waals surface area (Å²) in [6.07, 6.45) is -1.66. The highest BCUT2D eigenvalue weighted by Gasteiger charge is 2.47. The second-order valence-corrected chi connectivity index (χ2v) is 5.49. The first kappa shape index (κ1) is 17.2. The van der Waals surface area contributed by atoms with Crippen LogP contribution in [0.25, 0.3) is 0 Å². The topological polar surface area (TPSA) is 80.1 Å². The first-order chi connectivity index (χ1) is 10.8. The molecule has 7 nitrogen and oxygen atoms in total. The SMILES string of the molecule is CC(=O)N[C@H]1CC[C@@H](C(F)(F)F)N(C(=O)CCn2ccnn2)C1. The molecule has 1 N–H and O–H groups in total. The number of alkyl halides is 3. The van der Waals surface area contributed by atoms with Crippen molar-refractivity contribution in [1.29, 1.82) is 0 Å². The third-order valence-electron chi connectivity index (χ3n) is 3.71. The fraction of sp³-hybridized carbons (Fsp3) is 0.692. The summed E-state index contributed by atoms with van der Waals surface area (Å²) in [5.41, 5.74) is 0. The molecule has 2 amide bonds. The van der Waals surface area contributed by atoms with E-state index in [0.29, 0.717) is 0 Å². The van der Waals surface area contributed by atoms with Gasteiger partial charge in [-0.2, -0.15) is 13.2 Å². The zero-order chi connectivity index (χ0) is 17.0. The average molecular weight is 333 g/mol. The zero-order valence-corrected chi connectivity index (χ0v) is 12.6. The van der Waals surface area contributed by atoms with Gasteiger partial charge in [0.25, 0.3) is 0 Å². The van der Waals surface area contributed by atoms with Crippen molar-refractivity contribution in [2.24, 2.45) is 0 Å². The molecule has 128 valence electrons. The molecule has 23 heavy (non-hydrogen) atoms. The molecule has 0 aromatic carbocycles. The van der Waals surface area contributed by atoms with Crippen molar-refractivity contribution in [3.05, 3.63) is 12.4 Å². The van der Waals surface area contributed by atoms with Crippen LogP contribution >= 0.6 is 0 Å². The van der Waals surface area contributed by atoms with E-state index in [1.807, 2.05) is 0 Å². The summed E-state index contributed by atoms with van der Waals surface area (Å²) >= 11 is 0. The van der Waals surface area contributed by atoms with Gasteiger partial charge >= 0.3 is 6.18 Å². The lowest BCUT2D eigenvalue weighted by Gasteiger charge is -2.40. The van der Waals surface area contributed by atoms with E-state index in [0.717, 1.165) is 4.90 Å². The van der Waals surface area contributed by atoms with Crippen molar-refractivity contribution in [3.8, 4) is 0 Å². The Morgan fingerprint density at radius 2 is 2.09 bits per heavy atom. The normalized spacial score (nSPS) is 22.0. The van der Waals surface area contributed by atoms with E-state index in [2.05, 4.69) is 15.6 Å². The molecule has 2 rings (SSSR count). The number of aryl methyl sites for hydroxylation is 1. The van der Waals surface area contributed by atoms with E-state index in [4.69, 9.17) is 0 Å². The van der Waals surface area contributed by atoms with Gasteiger partial charge in [-0.05, 0) is 12.8 Å². The minimum atomic E-state index is -4.48. The van der Waals surface area contributed by atoms with Gasteiger partial charge in [-0.25, -0.2) is 0 Å². The van der Waals surface area contributed by atoms with E-state index < -0.39 is 24.2 Å². The van der Waals surface area contributed by atoms with Gasteiger partial charge in [-0.15, -0.1) is 5.10 Å². The maximum atomic E-state index is 13.1. The fourth-order valence-corrected chi connectivity index (χ4v) is 2.70. The van der Waals surface area contributed by atoms with Gasteiger partial charge in [0, 0.05) is 32.1 Å². The summed E-state index contributed by atoms with van der Waals surface area (Å²) in [6.45, 7) is 1.32.